The van der Waals surface area contributed by atoms with Gasteiger partial charge in [-0.1, -0.05) is 53.2 Å². The Hall–Kier alpha value is -0.260. The summed E-state index contributed by atoms with van der Waals surface area (Å²) in [5.74, 6) is 0.855. The van der Waals surface area contributed by atoms with Crippen LogP contribution < -0.4 is 0 Å². The van der Waals surface area contributed by atoms with E-state index in [1.807, 2.05) is 0 Å². The summed E-state index contributed by atoms with van der Waals surface area (Å²) in [5.41, 5.74) is 0.359. The van der Waals surface area contributed by atoms with Crippen molar-refractivity contribution in [3.63, 3.8) is 0 Å². The molecule has 0 radical (unpaired) electrons. The first kappa shape index (κ1) is 11.7. The summed E-state index contributed by atoms with van der Waals surface area (Å²) < 4.78 is 0. The largest absolute Gasteiger partial charge is 0.0880 e. The van der Waals surface area contributed by atoms with Gasteiger partial charge in [0, 0.05) is 0 Å². The van der Waals surface area contributed by atoms with Crippen LogP contribution in [0.5, 0.6) is 0 Å². The highest BCUT2D eigenvalue weighted by Crippen LogP contribution is 2.15. The fourth-order valence-corrected chi connectivity index (χ4v) is 1.08. The van der Waals surface area contributed by atoms with Gasteiger partial charge in [0.1, 0.15) is 0 Å². The van der Waals surface area contributed by atoms with Crippen molar-refractivity contribution in [1.82, 2.24) is 0 Å². The molecule has 0 heteroatoms. The maximum Gasteiger partial charge on any atom is -0.0203 e. The standard InChI is InChI=1S/C12H24/c1-11(2)9-7-6-8-10-12(3,4)5/h8,10-11H,6-7,9H2,1-5H3/b10-8+. The Morgan fingerprint density at radius 1 is 1.17 bits per heavy atom. The van der Waals surface area contributed by atoms with E-state index in [-0.39, 0.29) is 0 Å². The van der Waals surface area contributed by atoms with Crippen LogP contribution in [0.3, 0.4) is 0 Å². The summed E-state index contributed by atoms with van der Waals surface area (Å²) in [6, 6.07) is 0. The van der Waals surface area contributed by atoms with Crippen LogP contribution in [-0.2, 0) is 0 Å². The lowest BCUT2D eigenvalue weighted by Gasteiger charge is -2.11. The van der Waals surface area contributed by atoms with E-state index < -0.39 is 0 Å². The fourth-order valence-electron chi connectivity index (χ4n) is 1.08. The summed E-state index contributed by atoms with van der Waals surface area (Å²) in [5, 5.41) is 0. The first-order valence-corrected chi connectivity index (χ1v) is 5.09. The second-order valence-corrected chi connectivity index (χ2v) is 5.09. The molecule has 72 valence electrons. The van der Waals surface area contributed by atoms with Crippen LogP contribution in [0.1, 0.15) is 53.9 Å². The zero-order valence-corrected chi connectivity index (χ0v) is 9.35. The van der Waals surface area contributed by atoms with Crippen LogP contribution in [-0.4, -0.2) is 0 Å². The van der Waals surface area contributed by atoms with Gasteiger partial charge in [0.05, 0.1) is 0 Å². The summed E-state index contributed by atoms with van der Waals surface area (Å²) in [6.07, 6.45) is 8.57. The Bertz CT molecular complexity index is 123. The molecule has 0 aliphatic rings. The lowest BCUT2D eigenvalue weighted by molar-refractivity contribution is 0.534. The molecule has 0 aromatic rings. The highest BCUT2D eigenvalue weighted by atomic mass is 14.1. The molecule has 0 bridgehead atoms. The van der Waals surface area contributed by atoms with E-state index in [1.54, 1.807) is 0 Å². The van der Waals surface area contributed by atoms with Gasteiger partial charge in [-0.25, -0.2) is 0 Å². The average Bonchev–Trinajstić information content (AvgIpc) is 1.83. The molecule has 0 heterocycles. The smallest absolute Gasteiger partial charge is 0.0203 e. The molecule has 0 nitrogen and oxygen atoms in total. The molecule has 0 aliphatic carbocycles. The minimum Gasteiger partial charge on any atom is -0.0880 e. The van der Waals surface area contributed by atoms with Crippen LogP contribution in [0.25, 0.3) is 0 Å². The van der Waals surface area contributed by atoms with Crippen molar-refractivity contribution in [3.05, 3.63) is 12.2 Å². The van der Waals surface area contributed by atoms with Gasteiger partial charge in [-0.05, 0) is 24.2 Å². The predicted octanol–water partition coefficient (Wildman–Crippen LogP) is 4.42. The number of rotatable bonds is 4. The van der Waals surface area contributed by atoms with Crippen molar-refractivity contribution < 1.29 is 0 Å². The van der Waals surface area contributed by atoms with E-state index in [0.717, 1.165) is 5.92 Å². The Labute approximate surface area is 78.1 Å². The fraction of sp³-hybridized carbons (Fsp3) is 0.833. The SMILES string of the molecule is CC(C)CCC/C=C/C(C)(C)C. The molecule has 0 saturated heterocycles. The van der Waals surface area contributed by atoms with Crippen LogP contribution in [0.4, 0.5) is 0 Å². The predicted molar refractivity (Wildman–Crippen MR) is 57.3 cm³/mol. The molecule has 0 spiro atoms. The van der Waals surface area contributed by atoms with Crippen molar-refractivity contribution in [3.8, 4) is 0 Å². The van der Waals surface area contributed by atoms with E-state index >= 15 is 0 Å². The zero-order chi connectivity index (χ0) is 9.61. The van der Waals surface area contributed by atoms with Crippen LogP contribution >= 0.6 is 0 Å². The summed E-state index contributed by atoms with van der Waals surface area (Å²) in [7, 11) is 0. The first-order valence-electron chi connectivity index (χ1n) is 5.09. The average molecular weight is 168 g/mol. The molecule has 0 fully saturated rings. The Kier molecular flexibility index (Phi) is 5.28. The van der Waals surface area contributed by atoms with Gasteiger partial charge in [0.2, 0.25) is 0 Å². The second-order valence-electron chi connectivity index (χ2n) is 5.09. The minimum absolute atomic E-state index is 0.359. The molecular formula is C12H24. The molecule has 0 aromatic carbocycles. The quantitative estimate of drug-likeness (QED) is 0.431. The van der Waals surface area contributed by atoms with Crippen molar-refractivity contribution in [1.29, 1.82) is 0 Å². The van der Waals surface area contributed by atoms with E-state index in [4.69, 9.17) is 0 Å². The third-order valence-electron chi connectivity index (χ3n) is 1.77. The first-order chi connectivity index (χ1) is 5.42. The molecule has 0 N–H and O–H groups in total. The minimum atomic E-state index is 0.359. The lowest BCUT2D eigenvalue weighted by Crippen LogP contribution is -1.98. The maximum absolute atomic E-state index is 2.32. The molecule has 0 amide bonds. The topological polar surface area (TPSA) is 0 Å². The van der Waals surface area contributed by atoms with Crippen LogP contribution in [0, 0.1) is 11.3 Å². The van der Waals surface area contributed by atoms with Crippen molar-refractivity contribution in [2.45, 2.75) is 53.9 Å². The van der Waals surface area contributed by atoms with Gasteiger partial charge in [-0.3, -0.25) is 0 Å². The molecule has 0 aliphatic heterocycles. The van der Waals surface area contributed by atoms with Gasteiger partial charge in [0.15, 0.2) is 0 Å². The number of allylic oxidation sites excluding steroid dienone is 2. The monoisotopic (exact) mass is 168 g/mol. The number of hydrogen-bond donors (Lipinski definition) is 0. The van der Waals surface area contributed by atoms with Crippen molar-refractivity contribution >= 4 is 0 Å². The summed E-state index contributed by atoms with van der Waals surface area (Å²) in [6.45, 7) is 11.3. The third kappa shape index (κ3) is 9.74. The van der Waals surface area contributed by atoms with Crippen molar-refractivity contribution in [2.24, 2.45) is 11.3 Å². The van der Waals surface area contributed by atoms with E-state index in [9.17, 15) is 0 Å². The number of unbranched alkanes of at least 4 members (excludes halogenated alkanes) is 1. The van der Waals surface area contributed by atoms with Gasteiger partial charge in [-0.15, -0.1) is 0 Å². The molecule has 0 unspecified atom stereocenters. The normalized spacial score (nSPS) is 13.2. The van der Waals surface area contributed by atoms with E-state index in [2.05, 4.69) is 46.8 Å². The van der Waals surface area contributed by atoms with E-state index in [0.29, 0.717) is 5.41 Å². The molecule has 0 atom stereocenters. The summed E-state index contributed by atoms with van der Waals surface area (Å²) >= 11 is 0. The van der Waals surface area contributed by atoms with Crippen LogP contribution in [0.2, 0.25) is 0 Å². The lowest BCUT2D eigenvalue weighted by atomic mass is 9.95. The zero-order valence-electron chi connectivity index (χ0n) is 9.35. The number of hydrogen-bond acceptors (Lipinski definition) is 0. The van der Waals surface area contributed by atoms with Gasteiger partial charge < -0.3 is 0 Å². The molecule has 0 saturated carbocycles. The van der Waals surface area contributed by atoms with Crippen molar-refractivity contribution in [2.75, 3.05) is 0 Å². The van der Waals surface area contributed by atoms with Gasteiger partial charge >= 0.3 is 0 Å². The second kappa shape index (κ2) is 5.40. The van der Waals surface area contributed by atoms with Gasteiger partial charge in [0.25, 0.3) is 0 Å². The third-order valence-corrected chi connectivity index (χ3v) is 1.77. The molecule has 0 aromatic heterocycles. The Balaban J connectivity index is 3.37. The maximum atomic E-state index is 2.32. The molecular weight excluding hydrogens is 144 g/mol. The highest BCUT2D eigenvalue weighted by molar-refractivity contribution is 4.91. The Morgan fingerprint density at radius 3 is 2.17 bits per heavy atom. The van der Waals surface area contributed by atoms with Crippen LogP contribution in [0.15, 0.2) is 12.2 Å². The molecule has 12 heavy (non-hydrogen) atoms. The van der Waals surface area contributed by atoms with E-state index in [1.165, 1.54) is 19.3 Å². The Morgan fingerprint density at radius 2 is 1.75 bits per heavy atom. The van der Waals surface area contributed by atoms with Gasteiger partial charge in [-0.2, -0.15) is 0 Å². The highest BCUT2D eigenvalue weighted by Gasteiger charge is 2.02. The summed E-state index contributed by atoms with van der Waals surface area (Å²) in [4.78, 5) is 0. The molecule has 0 rings (SSSR count).